The summed E-state index contributed by atoms with van der Waals surface area (Å²) in [6.07, 6.45) is 2.56. The van der Waals surface area contributed by atoms with Crippen molar-refractivity contribution in [1.82, 2.24) is 4.90 Å². The quantitative estimate of drug-likeness (QED) is 0.130. The predicted molar refractivity (Wildman–Crippen MR) is 174 cm³/mol. The highest BCUT2D eigenvalue weighted by molar-refractivity contribution is 5.87. The summed E-state index contributed by atoms with van der Waals surface area (Å²) in [7, 11) is 0. The third-order valence-electron chi connectivity index (χ3n) is 7.96. The van der Waals surface area contributed by atoms with Gasteiger partial charge in [0.05, 0.1) is 24.7 Å². The normalized spacial score (nSPS) is 12.2. The van der Waals surface area contributed by atoms with Gasteiger partial charge in [-0.05, 0) is 71.2 Å². The van der Waals surface area contributed by atoms with E-state index < -0.39 is 11.9 Å². The monoisotopic (exact) mass is 593 g/mol. The van der Waals surface area contributed by atoms with E-state index in [0.29, 0.717) is 32.7 Å². The first-order valence-electron chi connectivity index (χ1n) is 15.2. The lowest BCUT2D eigenvalue weighted by molar-refractivity contribution is -0.139. The molecule has 0 aliphatic carbocycles. The largest absolute Gasteiger partial charge is 0.481 e. The molecule has 0 heterocycles. The molecule has 4 rings (SSSR count). The van der Waals surface area contributed by atoms with Gasteiger partial charge in [-0.2, -0.15) is 0 Å². The molecule has 4 aromatic carbocycles. The van der Waals surface area contributed by atoms with Crippen LogP contribution in [0.3, 0.4) is 0 Å². The molecule has 0 aromatic heterocycles. The molecule has 0 spiro atoms. The summed E-state index contributed by atoms with van der Waals surface area (Å²) >= 11 is 0. The zero-order valence-electron chi connectivity index (χ0n) is 25.7. The molecule has 0 radical (unpaired) electrons. The number of rotatable bonds is 17. The SMILES string of the molecule is CC(C)(CCN(Cc1ccc(C(=O)O)cc1)CC(OCc1ccc(CCc2ccccc2)cc1)c1ccccc1)CC(=O)O. The van der Waals surface area contributed by atoms with Crippen LogP contribution < -0.4 is 0 Å². The topological polar surface area (TPSA) is 87.1 Å². The number of benzene rings is 4. The number of aromatic carboxylic acids is 1. The minimum Gasteiger partial charge on any atom is -0.481 e. The molecule has 1 atom stereocenters. The summed E-state index contributed by atoms with van der Waals surface area (Å²) in [5, 5.41) is 18.7. The molecule has 6 nitrogen and oxygen atoms in total. The second-order valence-electron chi connectivity index (χ2n) is 12.2. The molecule has 0 amide bonds. The smallest absolute Gasteiger partial charge is 0.335 e. The lowest BCUT2D eigenvalue weighted by Crippen LogP contribution is -2.33. The number of hydrogen-bond donors (Lipinski definition) is 2. The van der Waals surface area contributed by atoms with Gasteiger partial charge < -0.3 is 14.9 Å². The zero-order chi connectivity index (χ0) is 31.4. The van der Waals surface area contributed by atoms with Crippen LogP contribution in [0.2, 0.25) is 0 Å². The van der Waals surface area contributed by atoms with Crippen molar-refractivity contribution in [3.63, 3.8) is 0 Å². The Balaban J connectivity index is 1.46. The van der Waals surface area contributed by atoms with Gasteiger partial charge in [0.25, 0.3) is 0 Å². The Hall–Kier alpha value is -4.26. The van der Waals surface area contributed by atoms with E-state index in [-0.39, 0.29) is 23.5 Å². The van der Waals surface area contributed by atoms with Gasteiger partial charge in [-0.3, -0.25) is 9.69 Å². The number of aryl methyl sites for hydroxylation is 2. The summed E-state index contributed by atoms with van der Waals surface area (Å²) in [6, 6.07) is 36.2. The number of hydrogen-bond acceptors (Lipinski definition) is 4. The van der Waals surface area contributed by atoms with Gasteiger partial charge in [0, 0.05) is 13.1 Å². The molecule has 6 heteroatoms. The first kappa shape index (κ1) is 32.6. The van der Waals surface area contributed by atoms with E-state index in [1.165, 1.54) is 11.1 Å². The van der Waals surface area contributed by atoms with Gasteiger partial charge in [0.2, 0.25) is 0 Å². The maximum atomic E-state index is 11.5. The van der Waals surface area contributed by atoms with Crippen LogP contribution in [-0.2, 0) is 35.5 Å². The Kier molecular flexibility index (Phi) is 11.9. The molecule has 230 valence electrons. The van der Waals surface area contributed by atoms with Crippen LogP contribution in [0.1, 0.15) is 71.0 Å². The van der Waals surface area contributed by atoms with Crippen molar-refractivity contribution in [3.8, 4) is 0 Å². The van der Waals surface area contributed by atoms with Crippen LogP contribution >= 0.6 is 0 Å². The fourth-order valence-electron chi connectivity index (χ4n) is 5.29. The van der Waals surface area contributed by atoms with Crippen molar-refractivity contribution in [2.75, 3.05) is 13.1 Å². The third-order valence-corrected chi connectivity index (χ3v) is 7.96. The average molecular weight is 594 g/mol. The minimum atomic E-state index is -0.953. The van der Waals surface area contributed by atoms with Crippen LogP contribution in [0, 0.1) is 5.41 Å². The highest BCUT2D eigenvalue weighted by atomic mass is 16.5. The van der Waals surface area contributed by atoms with Gasteiger partial charge >= 0.3 is 11.9 Å². The Labute approximate surface area is 260 Å². The Morgan fingerprint density at radius 3 is 1.86 bits per heavy atom. The van der Waals surface area contributed by atoms with Crippen molar-refractivity contribution in [2.24, 2.45) is 5.41 Å². The summed E-state index contributed by atoms with van der Waals surface area (Å²) in [5.74, 6) is -1.76. The van der Waals surface area contributed by atoms with Gasteiger partial charge in [0.1, 0.15) is 0 Å². The Morgan fingerprint density at radius 2 is 1.27 bits per heavy atom. The number of ether oxygens (including phenoxy) is 1. The number of carboxylic acid groups (broad SMARTS) is 2. The first-order valence-corrected chi connectivity index (χ1v) is 15.2. The Bertz CT molecular complexity index is 1450. The number of carboxylic acids is 2. The highest BCUT2D eigenvalue weighted by Gasteiger charge is 2.25. The molecule has 0 saturated heterocycles. The minimum absolute atomic E-state index is 0.0914. The fourth-order valence-corrected chi connectivity index (χ4v) is 5.29. The average Bonchev–Trinajstić information content (AvgIpc) is 3.02. The summed E-state index contributed by atoms with van der Waals surface area (Å²) < 4.78 is 6.59. The summed E-state index contributed by atoms with van der Waals surface area (Å²) in [5.41, 5.74) is 5.67. The van der Waals surface area contributed by atoms with Crippen molar-refractivity contribution in [1.29, 1.82) is 0 Å². The Morgan fingerprint density at radius 1 is 0.727 bits per heavy atom. The number of aliphatic carboxylic acids is 1. The maximum Gasteiger partial charge on any atom is 0.335 e. The van der Waals surface area contributed by atoms with Crippen molar-refractivity contribution in [3.05, 3.63) is 143 Å². The predicted octanol–water partition coefficient (Wildman–Crippen LogP) is 7.82. The van der Waals surface area contributed by atoms with Gasteiger partial charge in [-0.1, -0.05) is 111 Å². The van der Waals surface area contributed by atoms with E-state index in [4.69, 9.17) is 4.74 Å². The molecule has 0 aliphatic rings. The van der Waals surface area contributed by atoms with E-state index >= 15 is 0 Å². The van der Waals surface area contributed by atoms with Crippen molar-refractivity contribution in [2.45, 2.75) is 58.8 Å². The van der Waals surface area contributed by atoms with Crippen LogP contribution in [0.15, 0.2) is 109 Å². The van der Waals surface area contributed by atoms with E-state index in [1.54, 1.807) is 12.1 Å². The second kappa shape index (κ2) is 16.0. The zero-order valence-corrected chi connectivity index (χ0v) is 25.7. The molecule has 0 aliphatic heterocycles. The van der Waals surface area contributed by atoms with Crippen LogP contribution in [0.5, 0.6) is 0 Å². The molecular weight excluding hydrogens is 550 g/mol. The van der Waals surface area contributed by atoms with E-state index in [1.807, 2.05) is 50.2 Å². The first-order chi connectivity index (χ1) is 21.2. The van der Waals surface area contributed by atoms with Gasteiger partial charge in [-0.15, -0.1) is 0 Å². The molecule has 0 fully saturated rings. The molecule has 4 aromatic rings. The van der Waals surface area contributed by atoms with E-state index in [9.17, 15) is 19.8 Å². The van der Waals surface area contributed by atoms with Gasteiger partial charge in [-0.25, -0.2) is 4.79 Å². The lowest BCUT2D eigenvalue weighted by Gasteiger charge is -2.31. The third kappa shape index (κ3) is 10.8. The number of nitrogens with zero attached hydrogens (tertiary/aromatic N) is 1. The van der Waals surface area contributed by atoms with Crippen molar-refractivity contribution >= 4 is 11.9 Å². The van der Waals surface area contributed by atoms with E-state index in [0.717, 1.165) is 29.5 Å². The molecule has 0 bridgehead atoms. The lowest BCUT2D eigenvalue weighted by atomic mass is 9.85. The second-order valence-corrected chi connectivity index (χ2v) is 12.2. The molecular formula is C38H43NO5. The van der Waals surface area contributed by atoms with Crippen LogP contribution in [0.25, 0.3) is 0 Å². The van der Waals surface area contributed by atoms with Gasteiger partial charge in [0.15, 0.2) is 0 Å². The molecule has 0 saturated carbocycles. The number of carbonyl (C=O) groups is 2. The maximum absolute atomic E-state index is 11.5. The van der Waals surface area contributed by atoms with Crippen LogP contribution in [0.4, 0.5) is 0 Å². The van der Waals surface area contributed by atoms with Crippen LogP contribution in [-0.4, -0.2) is 40.1 Å². The fraction of sp³-hybridized carbons (Fsp3) is 0.316. The standard InChI is InChI=1S/C38H43NO5/c1-38(2,25-36(40)41)23-24-39(26-31-19-21-34(22-20-31)37(42)43)27-35(33-11-7-4-8-12-33)44-28-32-17-15-30(16-18-32)14-13-29-9-5-3-6-10-29/h3-12,15-22,35H,13-14,23-28H2,1-2H3,(H,40,41)(H,42,43). The van der Waals surface area contributed by atoms with E-state index in [2.05, 4.69) is 65.6 Å². The summed E-state index contributed by atoms with van der Waals surface area (Å²) in [4.78, 5) is 25.1. The summed E-state index contributed by atoms with van der Waals surface area (Å²) in [6.45, 7) is 6.29. The van der Waals surface area contributed by atoms with Crippen molar-refractivity contribution < 1.29 is 24.5 Å². The molecule has 1 unspecified atom stereocenters. The molecule has 2 N–H and O–H groups in total. The highest BCUT2D eigenvalue weighted by Crippen LogP contribution is 2.28. The molecule has 44 heavy (non-hydrogen) atoms.